The zero-order valence-corrected chi connectivity index (χ0v) is 13.1. The summed E-state index contributed by atoms with van der Waals surface area (Å²) >= 11 is 0. The van der Waals surface area contributed by atoms with Crippen molar-refractivity contribution in [2.45, 2.75) is 39.5 Å². The number of anilines is 1. The molecule has 21 heavy (non-hydrogen) atoms. The van der Waals surface area contributed by atoms with Crippen LogP contribution in [0, 0.1) is 13.8 Å². The van der Waals surface area contributed by atoms with Crippen LogP contribution in [0.2, 0.25) is 0 Å². The monoisotopic (exact) mass is 287 g/mol. The van der Waals surface area contributed by atoms with Gasteiger partial charge in [-0.2, -0.15) is 9.61 Å². The Morgan fingerprint density at radius 1 is 1.10 bits per heavy atom. The summed E-state index contributed by atoms with van der Waals surface area (Å²) in [5.74, 6) is 1.05. The van der Waals surface area contributed by atoms with Crippen molar-refractivity contribution >= 4 is 11.5 Å². The summed E-state index contributed by atoms with van der Waals surface area (Å²) in [4.78, 5) is 7.08. The second-order valence-corrected chi connectivity index (χ2v) is 6.02. The summed E-state index contributed by atoms with van der Waals surface area (Å²) in [6.45, 7) is 8.86. The van der Waals surface area contributed by atoms with Gasteiger partial charge >= 0.3 is 0 Å². The number of fused-ring (bicyclic) bond motifs is 1. The highest BCUT2D eigenvalue weighted by Gasteiger charge is 2.10. The normalized spacial score (nSPS) is 15.9. The van der Waals surface area contributed by atoms with E-state index in [1.165, 1.54) is 45.3 Å². The molecule has 0 aliphatic carbocycles. The number of likely N-dealkylation sites (tertiary alicyclic amines) is 1. The Hall–Kier alpha value is -1.62. The molecule has 1 aliphatic heterocycles. The average molecular weight is 287 g/mol. The Bertz CT molecular complexity index is 598. The molecule has 2 aromatic heterocycles. The molecule has 0 amide bonds. The van der Waals surface area contributed by atoms with E-state index in [9.17, 15) is 0 Å². The minimum Gasteiger partial charge on any atom is -0.370 e. The van der Waals surface area contributed by atoms with Crippen molar-refractivity contribution in [3.8, 4) is 0 Å². The van der Waals surface area contributed by atoms with Gasteiger partial charge in [-0.15, -0.1) is 0 Å². The lowest BCUT2D eigenvalue weighted by molar-refractivity contribution is 0.331. The van der Waals surface area contributed by atoms with Crippen LogP contribution in [-0.4, -0.2) is 45.7 Å². The average Bonchev–Trinajstić information content (AvgIpc) is 3.06. The van der Waals surface area contributed by atoms with Crippen LogP contribution in [0.3, 0.4) is 0 Å². The zero-order chi connectivity index (χ0) is 14.7. The van der Waals surface area contributed by atoms with E-state index in [1.54, 1.807) is 0 Å². The van der Waals surface area contributed by atoms with Gasteiger partial charge < -0.3 is 10.2 Å². The Morgan fingerprint density at radius 3 is 2.71 bits per heavy atom. The highest BCUT2D eigenvalue weighted by atomic mass is 15.3. The molecule has 0 aromatic carbocycles. The van der Waals surface area contributed by atoms with E-state index in [1.807, 2.05) is 24.4 Å². The van der Waals surface area contributed by atoms with Gasteiger partial charge in [0.15, 0.2) is 5.65 Å². The molecule has 114 valence electrons. The topological polar surface area (TPSA) is 45.5 Å². The molecule has 5 heteroatoms. The molecule has 0 saturated carbocycles. The van der Waals surface area contributed by atoms with Crippen LogP contribution in [0.25, 0.3) is 5.65 Å². The minimum atomic E-state index is 0.923. The Balaban J connectivity index is 1.52. The molecule has 2 aromatic rings. The highest BCUT2D eigenvalue weighted by Crippen LogP contribution is 2.14. The predicted molar refractivity (Wildman–Crippen MR) is 85.9 cm³/mol. The van der Waals surface area contributed by atoms with E-state index in [-0.39, 0.29) is 0 Å². The fourth-order valence-electron chi connectivity index (χ4n) is 3.02. The Labute approximate surface area is 126 Å². The molecule has 0 bridgehead atoms. The standard InChI is InChI=1S/C16H25N5/c1-13-11-15(21-16(18-13)12-14(2)19-21)17-7-3-4-8-20-9-5-6-10-20/h11-12,17H,3-10H2,1-2H3. The van der Waals surface area contributed by atoms with Crippen LogP contribution in [-0.2, 0) is 0 Å². The van der Waals surface area contributed by atoms with Gasteiger partial charge in [0.05, 0.1) is 5.69 Å². The molecule has 1 aliphatic rings. The van der Waals surface area contributed by atoms with Crippen LogP contribution in [0.5, 0.6) is 0 Å². The second-order valence-electron chi connectivity index (χ2n) is 6.02. The van der Waals surface area contributed by atoms with Crippen molar-refractivity contribution in [2.24, 2.45) is 0 Å². The van der Waals surface area contributed by atoms with Crippen LogP contribution in [0.1, 0.15) is 37.1 Å². The van der Waals surface area contributed by atoms with E-state index in [0.717, 1.165) is 29.4 Å². The number of hydrogen-bond acceptors (Lipinski definition) is 4. The lowest BCUT2D eigenvalue weighted by Crippen LogP contribution is -2.21. The van der Waals surface area contributed by atoms with Crippen molar-refractivity contribution in [3.05, 3.63) is 23.5 Å². The SMILES string of the molecule is Cc1cc(NCCCCN2CCCC2)n2nc(C)cc2n1. The zero-order valence-electron chi connectivity index (χ0n) is 13.1. The van der Waals surface area contributed by atoms with Crippen LogP contribution in [0.4, 0.5) is 5.82 Å². The maximum atomic E-state index is 4.51. The molecule has 0 unspecified atom stereocenters. The third kappa shape index (κ3) is 3.53. The summed E-state index contributed by atoms with van der Waals surface area (Å²) in [5.41, 5.74) is 2.96. The Morgan fingerprint density at radius 2 is 1.90 bits per heavy atom. The molecule has 5 nitrogen and oxygen atoms in total. The first-order chi connectivity index (χ1) is 10.2. The minimum absolute atomic E-state index is 0.923. The van der Waals surface area contributed by atoms with Gasteiger partial charge in [0.25, 0.3) is 0 Å². The first kappa shape index (κ1) is 14.3. The van der Waals surface area contributed by atoms with Gasteiger partial charge in [-0.05, 0) is 59.2 Å². The summed E-state index contributed by atoms with van der Waals surface area (Å²) in [6, 6.07) is 4.09. The molecule has 1 fully saturated rings. The third-order valence-corrected chi connectivity index (χ3v) is 4.08. The molecule has 0 spiro atoms. The molecule has 0 radical (unpaired) electrons. The summed E-state index contributed by atoms with van der Waals surface area (Å²) in [5, 5.41) is 8.01. The van der Waals surface area contributed by atoms with Crippen molar-refractivity contribution in [1.29, 1.82) is 0 Å². The van der Waals surface area contributed by atoms with E-state index in [2.05, 4.69) is 26.4 Å². The summed E-state index contributed by atoms with van der Waals surface area (Å²) < 4.78 is 1.91. The van der Waals surface area contributed by atoms with E-state index in [4.69, 9.17) is 0 Å². The van der Waals surface area contributed by atoms with Gasteiger partial charge in [-0.25, -0.2) is 4.98 Å². The van der Waals surface area contributed by atoms with Crippen LogP contribution >= 0.6 is 0 Å². The largest absolute Gasteiger partial charge is 0.370 e. The number of aromatic nitrogens is 3. The van der Waals surface area contributed by atoms with Gasteiger partial charge in [0.2, 0.25) is 0 Å². The third-order valence-electron chi connectivity index (χ3n) is 4.08. The molecule has 3 rings (SSSR count). The molecule has 1 saturated heterocycles. The number of nitrogens with one attached hydrogen (secondary N) is 1. The summed E-state index contributed by atoms with van der Waals surface area (Å²) in [6.07, 6.45) is 5.22. The first-order valence-electron chi connectivity index (χ1n) is 8.02. The second kappa shape index (κ2) is 6.43. The molecule has 0 atom stereocenters. The van der Waals surface area contributed by atoms with Crippen LogP contribution in [0.15, 0.2) is 12.1 Å². The first-order valence-corrected chi connectivity index (χ1v) is 8.02. The summed E-state index contributed by atoms with van der Waals surface area (Å²) in [7, 11) is 0. The molecular formula is C16H25N5. The van der Waals surface area contributed by atoms with E-state index < -0.39 is 0 Å². The van der Waals surface area contributed by atoms with E-state index >= 15 is 0 Å². The number of hydrogen-bond donors (Lipinski definition) is 1. The van der Waals surface area contributed by atoms with Gasteiger partial charge in [-0.3, -0.25) is 0 Å². The Kier molecular flexibility index (Phi) is 4.39. The number of aryl methyl sites for hydroxylation is 2. The van der Waals surface area contributed by atoms with Gasteiger partial charge in [0, 0.05) is 24.4 Å². The quantitative estimate of drug-likeness (QED) is 0.830. The van der Waals surface area contributed by atoms with Crippen molar-refractivity contribution in [2.75, 3.05) is 31.5 Å². The van der Waals surface area contributed by atoms with Crippen molar-refractivity contribution in [1.82, 2.24) is 19.5 Å². The van der Waals surface area contributed by atoms with Crippen LogP contribution < -0.4 is 5.32 Å². The highest BCUT2D eigenvalue weighted by molar-refractivity contribution is 5.50. The fourth-order valence-corrected chi connectivity index (χ4v) is 3.02. The van der Waals surface area contributed by atoms with E-state index in [0.29, 0.717) is 0 Å². The van der Waals surface area contributed by atoms with Crippen molar-refractivity contribution < 1.29 is 0 Å². The predicted octanol–water partition coefficient (Wildman–Crippen LogP) is 2.63. The smallest absolute Gasteiger partial charge is 0.157 e. The maximum Gasteiger partial charge on any atom is 0.157 e. The lowest BCUT2D eigenvalue weighted by atomic mass is 10.3. The maximum absolute atomic E-state index is 4.51. The lowest BCUT2D eigenvalue weighted by Gasteiger charge is -2.14. The number of unbranched alkanes of at least 4 members (excludes halogenated alkanes) is 1. The van der Waals surface area contributed by atoms with Crippen molar-refractivity contribution in [3.63, 3.8) is 0 Å². The van der Waals surface area contributed by atoms with Gasteiger partial charge in [0.1, 0.15) is 5.82 Å². The molecule has 3 heterocycles. The number of nitrogens with zero attached hydrogens (tertiary/aromatic N) is 4. The molecule has 1 N–H and O–H groups in total. The fraction of sp³-hybridized carbons (Fsp3) is 0.625. The van der Waals surface area contributed by atoms with Gasteiger partial charge in [-0.1, -0.05) is 0 Å². The number of rotatable bonds is 6. The molecular weight excluding hydrogens is 262 g/mol.